The van der Waals surface area contributed by atoms with Crippen LogP contribution in [-0.2, 0) is 21.4 Å². The molecule has 13 nitrogen and oxygen atoms in total. The van der Waals surface area contributed by atoms with Gasteiger partial charge in [0.1, 0.15) is 64.3 Å². The third kappa shape index (κ3) is 18.3. The van der Waals surface area contributed by atoms with Crippen molar-refractivity contribution < 1.29 is 56.1 Å². The summed E-state index contributed by atoms with van der Waals surface area (Å²) in [4.78, 5) is 42.9. The molecular formula is C58H50BrCl5O13. The van der Waals surface area contributed by atoms with Crippen LogP contribution in [0.15, 0.2) is 156 Å². The number of phenols is 1. The first-order chi connectivity index (χ1) is 36.6. The van der Waals surface area contributed by atoms with Crippen LogP contribution >= 0.6 is 73.9 Å². The van der Waals surface area contributed by atoms with Crippen molar-refractivity contribution in [2.75, 3.05) is 19.8 Å². The molecule has 0 atom stereocenters. The van der Waals surface area contributed by atoms with Crippen LogP contribution < -0.4 is 15.1 Å². The molecule has 0 saturated heterocycles. The summed E-state index contributed by atoms with van der Waals surface area (Å²) in [6, 6.07) is 37.9. The first-order valence-electron chi connectivity index (χ1n) is 22.9. The summed E-state index contributed by atoms with van der Waals surface area (Å²) in [6.45, 7) is 7.21. The number of rotatable bonds is 14. The number of phenolic OH excluding ortho intramolecular Hbond substituents is 1. The lowest BCUT2D eigenvalue weighted by Gasteiger charge is -2.18. The molecule has 10 rings (SSSR count). The number of aldehydes is 3. The smallest absolute Gasteiger partial charge is 0.336 e. The minimum atomic E-state index is -0.435. The Hall–Kier alpha value is -6.59. The van der Waals surface area contributed by atoms with Gasteiger partial charge < -0.3 is 41.7 Å². The molecule has 6 aromatic carbocycles. The number of halogens is 6. The number of carbonyl (C=O) groups excluding carboxylic acids is 3. The van der Waals surface area contributed by atoms with Gasteiger partial charge in [0.2, 0.25) is 0 Å². The zero-order chi connectivity index (χ0) is 54.7. The molecule has 0 amide bonds. The number of benzene rings is 6. The highest BCUT2D eigenvalue weighted by atomic mass is 79.9. The topological polar surface area (TPSA) is 178 Å². The summed E-state index contributed by atoms with van der Waals surface area (Å²) in [5, 5.41) is 16.4. The van der Waals surface area contributed by atoms with Crippen molar-refractivity contribution in [3.8, 4) is 17.2 Å². The minimum absolute atomic E-state index is 0. The molecular weight excluding hydrogens is 1160 g/mol. The molecule has 4 heterocycles. The molecule has 0 aliphatic carbocycles. The van der Waals surface area contributed by atoms with Crippen molar-refractivity contribution in [1.82, 2.24) is 0 Å². The molecule has 4 aromatic heterocycles. The fourth-order valence-corrected chi connectivity index (χ4v) is 8.13. The highest BCUT2D eigenvalue weighted by Gasteiger charge is 2.12. The molecule has 19 heteroatoms. The molecule has 0 fully saturated rings. The Morgan fingerprint density at radius 3 is 1.64 bits per heavy atom. The first-order valence-corrected chi connectivity index (χ1v) is 25.9. The number of hydrogen-bond acceptors (Lipinski definition) is 13. The molecule has 0 unspecified atom stereocenters. The van der Waals surface area contributed by atoms with Crippen LogP contribution in [0.3, 0.4) is 0 Å². The van der Waals surface area contributed by atoms with Crippen LogP contribution in [0, 0.1) is 6.92 Å². The number of fused-ring (bicyclic) bond motifs is 4. The lowest BCUT2D eigenvalue weighted by atomic mass is 10.1. The Balaban J connectivity index is 0.000000184. The van der Waals surface area contributed by atoms with E-state index in [2.05, 4.69) is 15.9 Å². The van der Waals surface area contributed by atoms with Crippen LogP contribution in [0.25, 0.3) is 43.9 Å². The lowest BCUT2D eigenvalue weighted by Crippen LogP contribution is -2.25. The van der Waals surface area contributed by atoms with Gasteiger partial charge in [-0.1, -0.05) is 81.4 Å². The van der Waals surface area contributed by atoms with Gasteiger partial charge in [-0.3, -0.25) is 14.4 Å². The van der Waals surface area contributed by atoms with Crippen molar-refractivity contribution in [3.05, 3.63) is 203 Å². The summed E-state index contributed by atoms with van der Waals surface area (Å²) in [5.74, 6) is 2.98. The number of furan rings is 3. The van der Waals surface area contributed by atoms with Gasteiger partial charge >= 0.3 is 5.63 Å². The normalized spacial score (nSPS) is 10.5. The molecule has 10 aromatic rings. The highest BCUT2D eigenvalue weighted by Crippen LogP contribution is 2.28. The summed E-state index contributed by atoms with van der Waals surface area (Å²) in [5.41, 5.74) is 3.97. The van der Waals surface area contributed by atoms with Crippen LogP contribution in [0.1, 0.15) is 69.6 Å². The quantitative estimate of drug-likeness (QED) is 0.0471. The first kappa shape index (κ1) is 61.3. The Morgan fingerprint density at radius 1 is 0.558 bits per heavy atom. The van der Waals surface area contributed by atoms with Crippen LogP contribution in [0.4, 0.5) is 0 Å². The molecule has 77 heavy (non-hydrogen) atoms. The lowest BCUT2D eigenvalue weighted by molar-refractivity contribution is -0.152. The molecule has 0 aliphatic heterocycles. The van der Waals surface area contributed by atoms with E-state index in [1.165, 1.54) is 24.3 Å². The molecule has 0 aliphatic rings. The number of aromatic hydroxyl groups is 1. The highest BCUT2D eigenvalue weighted by molar-refractivity contribution is 9.08. The van der Waals surface area contributed by atoms with E-state index in [0.717, 1.165) is 54.4 Å². The predicted octanol–water partition coefficient (Wildman–Crippen LogP) is 17.4. The molecule has 402 valence electrons. The van der Waals surface area contributed by atoms with Gasteiger partial charge in [0, 0.05) is 72.0 Å². The monoisotopic (exact) mass is 1210 g/mol. The van der Waals surface area contributed by atoms with Gasteiger partial charge in [0.25, 0.3) is 0 Å². The number of ether oxygens (including phenoxy) is 4. The molecule has 0 spiro atoms. The SMILES string of the molecule is C.CCOC(COc1ccc(Cl)cc1C=O)OCC.Cc1cc(=O)oc2cc(OCc3cc4cc(Cl)ccc4o3)ccc12.Clc1ccc2oc(CBr)cc2c1.O=Cc1cc(Cl)ccc1O.O=Cc1cc2cc(Cl)ccc2o1. The van der Waals surface area contributed by atoms with E-state index in [4.69, 9.17) is 99.7 Å². The van der Waals surface area contributed by atoms with E-state index >= 15 is 0 Å². The van der Waals surface area contributed by atoms with E-state index in [0.29, 0.717) is 91.9 Å². The van der Waals surface area contributed by atoms with Gasteiger partial charge in [-0.05, 0) is 148 Å². The second kappa shape index (κ2) is 30.4. The summed E-state index contributed by atoms with van der Waals surface area (Å²) in [7, 11) is 0. The van der Waals surface area contributed by atoms with E-state index in [9.17, 15) is 19.2 Å². The summed E-state index contributed by atoms with van der Waals surface area (Å²) < 4.78 is 43.5. The van der Waals surface area contributed by atoms with E-state index < -0.39 is 6.29 Å². The Morgan fingerprint density at radius 2 is 1.08 bits per heavy atom. The van der Waals surface area contributed by atoms with Crippen molar-refractivity contribution in [2.45, 2.75) is 46.4 Å². The van der Waals surface area contributed by atoms with Crippen molar-refractivity contribution >= 4 is 137 Å². The standard InChI is InChI=1S/C19H13ClO4.C13H17ClO4.C9H6BrClO.C9H5ClO2.C7H5ClO2.CH4/c1-11-6-19(21)24-18-9-14(3-4-16(11)18)22-10-15-8-12-7-13(20)2-5-17(12)23-15;1-3-16-13(17-4-2)9-18-12-6-5-11(14)7-10(12)8-15;10-5-8-4-6-3-7(11)1-2-9(6)12-8;10-7-1-2-9-6(3-7)4-8(5-11)12-9;8-6-1-2-7(10)5(3-6)4-9;/h2-9H,10H2,1H3;5-8,13H,3-4,9H2,1-2H3;1-4H,5H2;1-5H;1-4,10H;1H4. The molecule has 1 N–H and O–H groups in total. The average molecular weight is 1210 g/mol. The maximum atomic E-state index is 11.5. The second-order valence-corrected chi connectivity index (χ2v) is 18.6. The van der Waals surface area contributed by atoms with Crippen molar-refractivity contribution in [1.29, 1.82) is 0 Å². The zero-order valence-corrected chi connectivity index (χ0v) is 46.0. The Kier molecular flexibility index (Phi) is 24.2. The summed E-state index contributed by atoms with van der Waals surface area (Å²) in [6.07, 6.45) is 1.50. The third-order valence-electron chi connectivity index (χ3n) is 10.4. The average Bonchev–Trinajstić information content (AvgIpc) is 4.15. The fraction of sp³-hybridized carbons (Fsp3) is 0.172. The van der Waals surface area contributed by atoms with Gasteiger partial charge in [-0.25, -0.2) is 4.79 Å². The largest absolute Gasteiger partial charge is 0.507 e. The number of aryl methyl sites for hydroxylation is 1. The Labute approximate surface area is 476 Å². The van der Waals surface area contributed by atoms with Crippen LogP contribution in [0.5, 0.6) is 17.2 Å². The van der Waals surface area contributed by atoms with E-state index in [1.54, 1.807) is 54.6 Å². The second-order valence-electron chi connectivity index (χ2n) is 15.8. The maximum Gasteiger partial charge on any atom is 0.336 e. The molecule has 0 saturated carbocycles. The number of hydrogen-bond donors (Lipinski definition) is 1. The Bertz CT molecular complexity index is 3620. The van der Waals surface area contributed by atoms with Gasteiger partial charge in [0.15, 0.2) is 30.9 Å². The van der Waals surface area contributed by atoms with Gasteiger partial charge in [-0.15, -0.1) is 0 Å². The van der Waals surface area contributed by atoms with Gasteiger partial charge in [-0.2, -0.15) is 0 Å². The number of alkyl halides is 1. The zero-order valence-electron chi connectivity index (χ0n) is 40.7. The number of carbonyl (C=O) groups is 3. The van der Waals surface area contributed by atoms with Crippen molar-refractivity contribution in [3.63, 3.8) is 0 Å². The minimum Gasteiger partial charge on any atom is -0.507 e. The van der Waals surface area contributed by atoms with E-state index in [1.807, 2.05) is 75.4 Å². The van der Waals surface area contributed by atoms with Crippen LogP contribution in [0.2, 0.25) is 25.1 Å². The predicted molar refractivity (Wildman–Crippen MR) is 308 cm³/mol. The fourth-order valence-electron chi connectivity index (χ4n) is 6.95. The molecule has 0 bridgehead atoms. The van der Waals surface area contributed by atoms with E-state index in [-0.39, 0.29) is 37.6 Å². The molecule has 0 radical (unpaired) electrons. The third-order valence-corrected chi connectivity index (χ3v) is 12.1. The van der Waals surface area contributed by atoms with Crippen molar-refractivity contribution in [2.24, 2.45) is 0 Å². The summed E-state index contributed by atoms with van der Waals surface area (Å²) >= 11 is 32.2. The van der Waals surface area contributed by atoms with Crippen LogP contribution in [-0.4, -0.2) is 50.1 Å². The maximum absolute atomic E-state index is 11.5. The van der Waals surface area contributed by atoms with Gasteiger partial charge in [0.05, 0.1) is 16.5 Å².